The van der Waals surface area contributed by atoms with Crippen molar-refractivity contribution in [1.82, 2.24) is 9.80 Å². The molecule has 1 saturated carbocycles. The van der Waals surface area contributed by atoms with Crippen LogP contribution in [-0.2, 0) is 11.2 Å². The maximum Gasteiger partial charge on any atom is 0.227 e. The lowest BCUT2D eigenvalue weighted by Gasteiger charge is -2.27. The Hall–Kier alpha value is -0.910. The van der Waals surface area contributed by atoms with Crippen LogP contribution < -0.4 is 0 Å². The lowest BCUT2D eigenvalue weighted by molar-refractivity contribution is -0.131. The highest BCUT2D eigenvalue weighted by Gasteiger charge is 2.29. The summed E-state index contributed by atoms with van der Waals surface area (Å²) in [4.78, 5) is 17.7. The summed E-state index contributed by atoms with van der Waals surface area (Å²) in [6.07, 6.45) is 5.15. The van der Waals surface area contributed by atoms with Crippen molar-refractivity contribution in [2.24, 2.45) is 0 Å². The van der Waals surface area contributed by atoms with E-state index in [-0.39, 0.29) is 5.91 Å². The van der Waals surface area contributed by atoms with Crippen LogP contribution in [0.3, 0.4) is 0 Å². The highest BCUT2D eigenvalue weighted by atomic mass is 32.1. The molecule has 21 heavy (non-hydrogen) atoms. The Kier molecular flexibility index (Phi) is 4.93. The Morgan fingerprint density at radius 3 is 2.81 bits per heavy atom. The number of aliphatic hydroxyl groups excluding tert-OH is 1. The van der Waals surface area contributed by atoms with E-state index in [1.807, 2.05) is 22.4 Å². The highest BCUT2D eigenvalue weighted by molar-refractivity contribution is 7.10. The first-order valence-corrected chi connectivity index (χ1v) is 8.82. The van der Waals surface area contributed by atoms with E-state index in [2.05, 4.69) is 4.90 Å². The van der Waals surface area contributed by atoms with Gasteiger partial charge in [0.1, 0.15) is 0 Å². The van der Waals surface area contributed by atoms with Gasteiger partial charge in [-0.2, -0.15) is 0 Å². The fourth-order valence-electron chi connectivity index (χ4n) is 3.52. The van der Waals surface area contributed by atoms with Gasteiger partial charge in [0.15, 0.2) is 0 Å². The molecule has 0 radical (unpaired) electrons. The van der Waals surface area contributed by atoms with Crippen LogP contribution in [-0.4, -0.2) is 59.1 Å². The third-order valence-corrected chi connectivity index (χ3v) is 5.51. The van der Waals surface area contributed by atoms with Crippen molar-refractivity contribution >= 4 is 17.2 Å². The normalized spacial score (nSPS) is 25.2. The van der Waals surface area contributed by atoms with Gasteiger partial charge < -0.3 is 10.0 Å². The molecule has 1 aromatic rings. The first-order chi connectivity index (χ1) is 10.2. The van der Waals surface area contributed by atoms with E-state index in [0.29, 0.717) is 25.6 Å². The summed E-state index contributed by atoms with van der Waals surface area (Å²) >= 11 is 1.62. The number of β-amino-alcohol motifs (C(OH)–C–C–N with tert-alkyl or cyclic N) is 1. The van der Waals surface area contributed by atoms with Crippen LogP contribution in [0.25, 0.3) is 0 Å². The lowest BCUT2D eigenvalue weighted by atomic mass is 10.2. The largest absolute Gasteiger partial charge is 0.390 e. The number of amides is 1. The SMILES string of the molecule is O=C(Cc1cccs1)N1CCN(C2CCCC2)C[C@H](O)C1. The van der Waals surface area contributed by atoms with Crippen LogP contribution in [0.2, 0.25) is 0 Å². The van der Waals surface area contributed by atoms with E-state index < -0.39 is 6.10 Å². The topological polar surface area (TPSA) is 43.8 Å². The Morgan fingerprint density at radius 2 is 2.10 bits per heavy atom. The lowest BCUT2D eigenvalue weighted by Crippen LogP contribution is -2.39. The number of aliphatic hydroxyl groups is 1. The average Bonchev–Trinajstić information content (AvgIpc) is 3.12. The molecule has 1 N–H and O–H groups in total. The van der Waals surface area contributed by atoms with E-state index in [9.17, 15) is 9.90 Å². The molecule has 116 valence electrons. The molecule has 2 fully saturated rings. The summed E-state index contributed by atoms with van der Waals surface area (Å²) in [6, 6.07) is 4.60. The number of hydrogen-bond acceptors (Lipinski definition) is 4. The maximum atomic E-state index is 12.4. The molecule has 1 aliphatic carbocycles. The smallest absolute Gasteiger partial charge is 0.227 e. The molecule has 2 aliphatic rings. The number of thiophene rings is 1. The molecular formula is C16H24N2O2S. The summed E-state index contributed by atoms with van der Waals surface area (Å²) in [6.45, 7) is 2.84. The van der Waals surface area contributed by atoms with Crippen LogP contribution in [0.5, 0.6) is 0 Å². The van der Waals surface area contributed by atoms with E-state index in [0.717, 1.165) is 18.0 Å². The Bertz CT molecular complexity index is 457. The molecule has 4 nitrogen and oxygen atoms in total. The van der Waals surface area contributed by atoms with Crippen molar-refractivity contribution in [2.45, 2.75) is 44.2 Å². The first-order valence-electron chi connectivity index (χ1n) is 7.94. The fraction of sp³-hybridized carbons (Fsp3) is 0.688. The molecular weight excluding hydrogens is 284 g/mol. The van der Waals surface area contributed by atoms with Gasteiger partial charge in [-0.3, -0.25) is 9.69 Å². The first kappa shape index (κ1) is 15.0. The van der Waals surface area contributed by atoms with Gasteiger partial charge >= 0.3 is 0 Å². The molecule has 2 heterocycles. The number of nitrogens with zero attached hydrogens (tertiary/aromatic N) is 2. The van der Waals surface area contributed by atoms with Crippen LogP contribution in [0.4, 0.5) is 0 Å². The third-order valence-electron chi connectivity index (χ3n) is 4.63. The van der Waals surface area contributed by atoms with E-state index in [4.69, 9.17) is 0 Å². The Labute approximate surface area is 130 Å². The monoisotopic (exact) mass is 308 g/mol. The molecule has 3 rings (SSSR count). The van der Waals surface area contributed by atoms with Crippen molar-refractivity contribution in [3.05, 3.63) is 22.4 Å². The minimum Gasteiger partial charge on any atom is -0.390 e. The molecule has 1 aromatic heterocycles. The molecule has 0 aromatic carbocycles. The molecule has 5 heteroatoms. The average molecular weight is 308 g/mol. The maximum absolute atomic E-state index is 12.4. The summed E-state index contributed by atoms with van der Waals surface area (Å²) in [7, 11) is 0. The molecule has 0 bridgehead atoms. The molecule has 0 spiro atoms. The third kappa shape index (κ3) is 3.84. The molecule has 1 aliphatic heterocycles. The van der Waals surface area contributed by atoms with Crippen molar-refractivity contribution in [3.63, 3.8) is 0 Å². The van der Waals surface area contributed by atoms with Crippen LogP contribution >= 0.6 is 11.3 Å². The number of rotatable bonds is 3. The molecule has 0 unspecified atom stereocenters. The van der Waals surface area contributed by atoms with Gasteiger partial charge in [0, 0.05) is 37.1 Å². The van der Waals surface area contributed by atoms with Gasteiger partial charge in [0.25, 0.3) is 0 Å². The van der Waals surface area contributed by atoms with Gasteiger partial charge in [0.05, 0.1) is 12.5 Å². The van der Waals surface area contributed by atoms with Gasteiger partial charge in [-0.25, -0.2) is 0 Å². The second-order valence-electron chi connectivity index (χ2n) is 6.18. The Morgan fingerprint density at radius 1 is 1.29 bits per heavy atom. The van der Waals surface area contributed by atoms with Gasteiger partial charge in [-0.05, 0) is 24.3 Å². The van der Waals surface area contributed by atoms with Crippen molar-refractivity contribution in [2.75, 3.05) is 26.2 Å². The summed E-state index contributed by atoms with van der Waals surface area (Å²) in [5.41, 5.74) is 0. The van der Waals surface area contributed by atoms with Crippen LogP contribution in [0, 0.1) is 0 Å². The van der Waals surface area contributed by atoms with E-state index >= 15 is 0 Å². The summed E-state index contributed by atoms with van der Waals surface area (Å²) in [5, 5.41) is 12.2. The number of carbonyl (C=O) groups excluding carboxylic acids is 1. The summed E-state index contributed by atoms with van der Waals surface area (Å²) < 4.78 is 0. The number of hydrogen-bond donors (Lipinski definition) is 1. The fourth-order valence-corrected chi connectivity index (χ4v) is 4.21. The quantitative estimate of drug-likeness (QED) is 0.925. The highest BCUT2D eigenvalue weighted by Crippen LogP contribution is 2.24. The standard InChI is InChI=1S/C16H24N2O2S/c19-14-11-17(13-4-1-2-5-13)7-8-18(12-14)16(20)10-15-6-3-9-21-15/h3,6,9,13-14,19H,1-2,4-5,7-8,10-12H2/t14-/m0/s1. The molecule has 1 atom stereocenters. The zero-order valence-corrected chi connectivity index (χ0v) is 13.2. The summed E-state index contributed by atoms with van der Waals surface area (Å²) in [5.74, 6) is 0.143. The number of carbonyl (C=O) groups is 1. The minimum atomic E-state index is -0.416. The predicted octanol–water partition coefficient (Wildman–Crippen LogP) is 1.74. The zero-order chi connectivity index (χ0) is 14.7. The van der Waals surface area contributed by atoms with Crippen LogP contribution in [0.15, 0.2) is 17.5 Å². The molecule has 1 saturated heterocycles. The van der Waals surface area contributed by atoms with E-state index in [1.165, 1.54) is 25.7 Å². The van der Waals surface area contributed by atoms with Gasteiger partial charge in [-0.15, -0.1) is 11.3 Å². The zero-order valence-electron chi connectivity index (χ0n) is 12.4. The van der Waals surface area contributed by atoms with Crippen molar-refractivity contribution in [1.29, 1.82) is 0 Å². The van der Waals surface area contributed by atoms with Crippen molar-refractivity contribution < 1.29 is 9.90 Å². The Balaban J connectivity index is 1.58. The molecule has 1 amide bonds. The predicted molar refractivity (Wildman–Crippen MR) is 84.4 cm³/mol. The van der Waals surface area contributed by atoms with Crippen molar-refractivity contribution in [3.8, 4) is 0 Å². The second kappa shape index (κ2) is 6.90. The van der Waals surface area contributed by atoms with Crippen LogP contribution in [0.1, 0.15) is 30.6 Å². The van der Waals surface area contributed by atoms with Gasteiger partial charge in [-0.1, -0.05) is 18.9 Å². The minimum absolute atomic E-state index is 0.143. The van der Waals surface area contributed by atoms with E-state index in [1.54, 1.807) is 11.3 Å². The second-order valence-corrected chi connectivity index (χ2v) is 7.22. The van der Waals surface area contributed by atoms with Gasteiger partial charge in [0.2, 0.25) is 5.91 Å².